The fourth-order valence-electron chi connectivity index (χ4n) is 1.89. The lowest BCUT2D eigenvalue weighted by Gasteiger charge is -2.19. The highest BCUT2D eigenvalue weighted by molar-refractivity contribution is 9.10. The molecule has 0 unspecified atom stereocenters. The molecule has 1 atom stereocenters. The van der Waals surface area contributed by atoms with E-state index in [1.54, 1.807) is 19.1 Å². The lowest BCUT2D eigenvalue weighted by Crippen LogP contribution is -2.34. The van der Waals surface area contributed by atoms with Crippen molar-refractivity contribution in [2.45, 2.75) is 13.3 Å². The summed E-state index contributed by atoms with van der Waals surface area (Å²) in [6.07, 6.45) is 0.468. The van der Waals surface area contributed by atoms with E-state index in [-0.39, 0.29) is 18.2 Å². The van der Waals surface area contributed by atoms with Gasteiger partial charge in [0, 0.05) is 13.1 Å². The third-order valence-electron chi connectivity index (χ3n) is 3.06. The first-order valence-electron chi connectivity index (χ1n) is 5.20. The van der Waals surface area contributed by atoms with Crippen molar-refractivity contribution < 1.29 is 19.1 Å². The lowest BCUT2D eigenvalue weighted by molar-refractivity contribution is -0.147. The van der Waals surface area contributed by atoms with Gasteiger partial charge in [0.1, 0.15) is 0 Å². The molecule has 1 amide bonds. The molecule has 1 aromatic rings. The van der Waals surface area contributed by atoms with E-state index in [1.807, 2.05) is 0 Å². The van der Waals surface area contributed by atoms with Gasteiger partial charge in [0.05, 0.1) is 5.41 Å². The third-order valence-corrected chi connectivity index (χ3v) is 3.49. The zero-order valence-electron chi connectivity index (χ0n) is 9.27. The molecule has 0 radical (unpaired) electrons. The number of rotatable bonds is 2. The molecule has 0 bridgehead atoms. The van der Waals surface area contributed by atoms with Crippen LogP contribution in [-0.2, 0) is 4.79 Å². The summed E-state index contributed by atoms with van der Waals surface area (Å²) >= 11 is 3.12. The predicted molar refractivity (Wildman–Crippen MR) is 62.7 cm³/mol. The van der Waals surface area contributed by atoms with Crippen molar-refractivity contribution in [3.8, 4) is 0 Å². The van der Waals surface area contributed by atoms with Gasteiger partial charge in [0.2, 0.25) is 0 Å². The van der Waals surface area contributed by atoms with Gasteiger partial charge in [-0.15, -0.1) is 0 Å². The highest BCUT2D eigenvalue weighted by Gasteiger charge is 2.42. The summed E-state index contributed by atoms with van der Waals surface area (Å²) in [5, 5.41) is 9.08. The number of furan rings is 1. The molecule has 1 aromatic heterocycles. The van der Waals surface area contributed by atoms with Crippen LogP contribution in [0.1, 0.15) is 23.9 Å². The lowest BCUT2D eigenvalue weighted by atomic mass is 9.90. The number of nitrogens with zero attached hydrogens (tertiary/aromatic N) is 1. The molecule has 92 valence electrons. The molecule has 1 aliphatic rings. The van der Waals surface area contributed by atoms with E-state index in [4.69, 9.17) is 9.52 Å². The van der Waals surface area contributed by atoms with Crippen LogP contribution < -0.4 is 0 Å². The second-order valence-electron chi connectivity index (χ2n) is 4.45. The van der Waals surface area contributed by atoms with Crippen LogP contribution in [0.5, 0.6) is 0 Å². The van der Waals surface area contributed by atoms with Gasteiger partial charge in [0.15, 0.2) is 10.4 Å². The van der Waals surface area contributed by atoms with Gasteiger partial charge in [-0.25, -0.2) is 0 Å². The number of carbonyl (C=O) groups is 2. The largest absolute Gasteiger partial charge is 0.481 e. The molecule has 0 spiro atoms. The zero-order valence-corrected chi connectivity index (χ0v) is 10.9. The van der Waals surface area contributed by atoms with Crippen LogP contribution in [0.2, 0.25) is 0 Å². The number of carboxylic acid groups (broad SMARTS) is 1. The van der Waals surface area contributed by atoms with E-state index in [2.05, 4.69) is 15.9 Å². The Morgan fingerprint density at radius 1 is 1.53 bits per heavy atom. The van der Waals surface area contributed by atoms with Crippen molar-refractivity contribution in [2.75, 3.05) is 13.1 Å². The maximum Gasteiger partial charge on any atom is 0.311 e. The summed E-state index contributed by atoms with van der Waals surface area (Å²) in [4.78, 5) is 24.6. The average Bonchev–Trinajstić information content (AvgIpc) is 2.85. The summed E-state index contributed by atoms with van der Waals surface area (Å²) in [7, 11) is 0. The van der Waals surface area contributed by atoms with E-state index in [0.717, 1.165) is 0 Å². The zero-order chi connectivity index (χ0) is 12.6. The van der Waals surface area contributed by atoms with Crippen molar-refractivity contribution >= 4 is 27.8 Å². The number of hydrogen-bond acceptors (Lipinski definition) is 3. The molecule has 2 heterocycles. The Bertz CT molecular complexity index is 470. The van der Waals surface area contributed by atoms with Crippen molar-refractivity contribution in [3.63, 3.8) is 0 Å². The average molecular weight is 302 g/mol. The summed E-state index contributed by atoms with van der Waals surface area (Å²) in [5.74, 6) is -0.902. The van der Waals surface area contributed by atoms with Crippen molar-refractivity contribution in [1.29, 1.82) is 0 Å². The minimum Gasteiger partial charge on any atom is -0.481 e. The molecule has 5 nitrogen and oxygen atoms in total. The predicted octanol–water partition coefficient (Wildman–Crippen LogP) is 1.98. The van der Waals surface area contributed by atoms with E-state index in [0.29, 0.717) is 17.6 Å². The molecule has 0 aromatic carbocycles. The summed E-state index contributed by atoms with van der Waals surface area (Å²) in [6, 6.07) is 3.21. The Labute approximate surface area is 107 Å². The molecule has 0 saturated carbocycles. The summed E-state index contributed by atoms with van der Waals surface area (Å²) in [6.45, 7) is 2.32. The van der Waals surface area contributed by atoms with Crippen LogP contribution >= 0.6 is 15.9 Å². The SMILES string of the molecule is C[C@]1(C(=O)O)CCN(C(=O)c2ccc(Br)o2)C1. The number of hydrogen-bond donors (Lipinski definition) is 1. The fourth-order valence-corrected chi connectivity index (χ4v) is 2.20. The minimum absolute atomic E-state index is 0.222. The third kappa shape index (κ3) is 2.22. The van der Waals surface area contributed by atoms with E-state index in [9.17, 15) is 9.59 Å². The second-order valence-corrected chi connectivity index (χ2v) is 5.23. The number of carbonyl (C=O) groups excluding carboxylic acids is 1. The number of amides is 1. The van der Waals surface area contributed by atoms with Gasteiger partial charge in [-0.1, -0.05) is 0 Å². The van der Waals surface area contributed by atoms with Gasteiger partial charge in [0.25, 0.3) is 5.91 Å². The van der Waals surface area contributed by atoms with Crippen LogP contribution in [0, 0.1) is 5.41 Å². The first-order valence-corrected chi connectivity index (χ1v) is 6.00. The van der Waals surface area contributed by atoms with Crippen molar-refractivity contribution in [2.24, 2.45) is 5.41 Å². The van der Waals surface area contributed by atoms with E-state index < -0.39 is 11.4 Å². The molecule has 1 aliphatic heterocycles. The van der Waals surface area contributed by atoms with Crippen LogP contribution in [0.4, 0.5) is 0 Å². The maximum atomic E-state index is 12.0. The van der Waals surface area contributed by atoms with Crippen molar-refractivity contribution in [3.05, 3.63) is 22.6 Å². The quantitative estimate of drug-likeness (QED) is 0.907. The van der Waals surface area contributed by atoms with Crippen LogP contribution in [0.3, 0.4) is 0 Å². The molecule has 0 aliphatic carbocycles. The Morgan fingerprint density at radius 2 is 2.24 bits per heavy atom. The van der Waals surface area contributed by atoms with Gasteiger partial charge in [-0.05, 0) is 41.4 Å². The Balaban J connectivity index is 2.11. The fraction of sp³-hybridized carbons (Fsp3) is 0.455. The normalized spacial score (nSPS) is 24.0. The first kappa shape index (κ1) is 12.2. The summed E-state index contributed by atoms with van der Waals surface area (Å²) in [5.41, 5.74) is -0.848. The summed E-state index contributed by atoms with van der Waals surface area (Å²) < 4.78 is 5.65. The maximum absolute atomic E-state index is 12.0. The van der Waals surface area contributed by atoms with Gasteiger partial charge in [-0.3, -0.25) is 9.59 Å². The molecule has 2 rings (SSSR count). The number of aliphatic carboxylic acids is 1. The first-order chi connectivity index (χ1) is 7.92. The molecule has 1 N–H and O–H groups in total. The topological polar surface area (TPSA) is 70.8 Å². The molecule has 1 fully saturated rings. The van der Waals surface area contributed by atoms with Crippen LogP contribution in [0.25, 0.3) is 0 Å². The number of likely N-dealkylation sites (tertiary alicyclic amines) is 1. The van der Waals surface area contributed by atoms with Gasteiger partial charge in [-0.2, -0.15) is 0 Å². The smallest absolute Gasteiger partial charge is 0.311 e. The standard InChI is InChI=1S/C11H12BrNO4/c1-11(10(15)16)4-5-13(6-11)9(14)7-2-3-8(12)17-7/h2-3H,4-6H2,1H3,(H,15,16)/t11-/m0/s1. The second kappa shape index (κ2) is 4.18. The Morgan fingerprint density at radius 3 is 2.71 bits per heavy atom. The van der Waals surface area contributed by atoms with Crippen LogP contribution in [-0.4, -0.2) is 35.0 Å². The molecular weight excluding hydrogens is 290 g/mol. The van der Waals surface area contributed by atoms with Crippen LogP contribution in [0.15, 0.2) is 21.2 Å². The Hall–Kier alpha value is -1.30. The number of carboxylic acids is 1. The molecular formula is C11H12BrNO4. The highest BCUT2D eigenvalue weighted by Crippen LogP contribution is 2.31. The Kier molecular flexibility index (Phi) is 2.99. The van der Waals surface area contributed by atoms with E-state index >= 15 is 0 Å². The van der Waals surface area contributed by atoms with Crippen molar-refractivity contribution in [1.82, 2.24) is 4.90 Å². The molecule has 6 heteroatoms. The highest BCUT2D eigenvalue weighted by atomic mass is 79.9. The molecule has 1 saturated heterocycles. The minimum atomic E-state index is -0.867. The molecule has 17 heavy (non-hydrogen) atoms. The van der Waals surface area contributed by atoms with Gasteiger partial charge < -0.3 is 14.4 Å². The number of halogens is 1. The van der Waals surface area contributed by atoms with E-state index in [1.165, 1.54) is 4.90 Å². The van der Waals surface area contributed by atoms with Gasteiger partial charge >= 0.3 is 5.97 Å². The monoisotopic (exact) mass is 301 g/mol.